The van der Waals surface area contributed by atoms with Crippen LogP contribution < -0.4 is 10.6 Å². The molecule has 2 atom stereocenters. The van der Waals surface area contributed by atoms with Gasteiger partial charge in [0.15, 0.2) is 5.13 Å². The van der Waals surface area contributed by atoms with E-state index in [1.807, 2.05) is 17.5 Å². The van der Waals surface area contributed by atoms with Crippen LogP contribution in [0.25, 0.3) is 11.3 Å². The highest BCUT2D eigenvalue weighted by Crippen LogP contribution is 2.46. The number of anilines is 1. The molecule has 1 spiro atoms. The van der Waals surface area contributed by atoms with Crippen molar-refractivity contribution in [3.05, 3.63) is 35.2 Å². The third-order valence-corrected chi connectivity index (χ3v) is 7.09. The van der Waals surface area contributed by atoms with Gasteiger partial charge in [-0.2, -0.15) is 0 Å². The lowest BCUT2D eigenvalue weighted by Crippen LogP contribution is -2.54. The van der Waals surface area contributed by atoms with Gasteiger partial charge in [-0.1, -0.05) is 52.0 Å². The molecule has 2 fully saturated rings. The summed E-state index contributed by atoms with van der Waals surface area (Å²) in [6, 6.07) is 7.66. The lowest BCUT2D eigenvalue weighted by molar-refractivity contribution is -0.136. The van der Waals surface area contributed by atoms with Crippen molar-refractivity contribution < 1.29 is 14.4 Å². The number of imide groups is 1. The number of aryl methyl sites for hydroxylation is 1. The van der Waals surface area contributed by atoms with Crippen molar-refractivity contribution in [2.24, 2.45) is 11.3 Å². The van der Waals surface area contributed by atoms with Crippen LogP contribution in [0.3, 0.4) is 0 Å². The molecule has 8 heteroatoms. The Balaban J connectivity index is 1.42. The van der Waals surface area contributed by atoms with Gasteiger partial charge in [-0.05, 0) is 42.6 Å². The monoisotopic (exact) mass is 454 g/mol. The molecular formula is C24H30N4O3S. The zero-order chi connectivity index (χ0) is 23.1. The number of hydrogen-bond acceptors (Lipinski definition) is 5. The van der Waals surface area contributed by atoms with Gasteiger partial charge < -0.3 is 10.6 Å². The second-order valence-electron chi connectivity index (χ2n) is 9.89. The van der Waals surface area contributed by atoms with E-state index >= 15 is 0 Å². The first-order chi connectivity index (χ1) is 15.1. The molecule has 4 rings (SSSR count). The molecule has 2 aromatic rings. The largest absolute Gasteiger partial charge is 0.325 e. The normalized spacial score (nSPS) is 24.6. The number of benzene rings is 1. The molecule has 1 saturated carbocycles. The standard InChI is InChI=1S/C24H30N4O3S/c1-5-16-6-8-17(9-7-16)18-13-32-21(25-18)26-19(29)12-28-20(30)24(27-22(28)31)11-15(2)10-23(3,4)14-24/h6-9,13,15H,5,10-12,14H2,1-4H3,(H,27,31)(H,25,26,29). The number of carbonyl (C=O) groups excluding carboxylic acids is 3. The Hall–Kier alpha value is -2.74. The summed E-state index contributed by atoms with van der Waals surface area (Å²) in [5.74, 6) is -0.416. The first-order valence-electron chi connectivity index (χ1n) is 11.1. The molecule has 32 heavy (non-hydrogen) atoms. The van der Waals surface area contributed by atoms with Crippen molar-refractivity contribution in [3.63, 3.8) is 0 Å². The second kappa shape index (κ2) is 8.31. The van der Waals surface area contributed by atoms with Crippen LogP contribution in [0.5, 0.6) is 0 Å². The summed E-state index contributed by atoms with van der Waals surface area (Å²) in [4.78, 5) is 44.0. The van der Waals surface area contributed by atoms with Crippen molar-refractivity contribution in [1.82, 2.24) is 15.2 Å². The van der Waals surface area contributed by atoms with Crippen molar-refractivity contribution in [2.45, 2.75) is 58.9 Å². The molecule has 2 heterocycles. The van der Waals surface area contributed by atoms with E-state index in [1.165, 1.54) is 16.9 Å². The van der Waals surface area contributed by atoms with E-state index < -0.39 is 17.5 Å². The minimum atomic E-state index is -0.905. The summed E-state index contributed by atoms with van der Waals surface area (Å²) in [6.07, 6.45) is 3.16. The Kier molecular flexibility index (Phi) is 5.83. The van der Waals surface area contributed by atoms with Gasteiger partial charge in [0.05, 0.1) is 5.69 Å². The van der Waals surface area contributed by atoms with Crippen LogP contribution in [0.15, 0.2) is 29.6 Å². The molecule has 1 aliphatic heterocycles. The highest BCUT2D eigenvalue weighted by molar-refractivity contribution is 7.14. The molecule has 2 unspecified atom stereocenters. The third-order valence-electron chi connectivity index (χ3n) is 6.33. The Labute approximate surface area is 192 Å². The number of hydrogen-bond donors (Lipinski definition) is 2. The van der Waals surface area contributed by atoms with E-state index in [2.05, 4.69) is 55.4 Å². The van der Waals surface area contributed by atoms with Crippen LogP contribution in [0.2, 0.25) is 0 Å². The number of nitrogens with zero attached hydrogens (tertiary/aromatic N) is 2. The molecule has 2 N–H and O–H groups in total. The fraction of sp³-hybridized carbons (Fsp3) is 0.500. The van der Waals surface area contributed by atoms with Crippen molar-refractivity contribution in [3.8, 4) is 11.3 Å². The zero-order valence-electron chi connectivity index (χ0n) is 19.0. The maximum Gasteiger partial charge on any atom is 0.325 e. The number of amides is 4. The first-order valence-corrected chi connectivity index (χ1v) is 12.0. The lowest BCUT2D eigenvalue weighted by Gasteiger charge is -2.43. The smallest absolute Gasteiger partial charge is 0.323 e. The average molecular weight is 455 g/mol. The summed E-state index contributed by atoms with van der Waals surface area (Å²) in [7, 11) is 0. The summed E-state index contributed by atoms with van der Waals surface area (Å²) < 4.78 is 0. The molecule has 7 nitrogen and oxygen atoms in total. The van der Waals surface area contributed by atoms with Gasteiger partial charge in [-0.15, -0.1) is 11.3 Å². The van der Waals surface area contributed by atoms with Crippen molar-refractivity contribution >= 4 is 34.3 Å². The van der Waals surface area contributed by atoms with E-state index in [0.29, 0.717) is 23.9 Å². The number of nitrogens with one attached hydrogen (secondary N) is 2. The van der Waals surface area contributed by atoms with Crippen LogP contribution in [-0.4, -0.2) is 39.8 Å². The van der Waals surface area contributed by atoms with Gasteiger partial charge in [0.1, 0.15) is 12.1 Å². The fourth-order valence-corrected chi connectivity index (χ4v) is 6.06. The Morgan fingerprint density at radius 2 is 1.97 bits per heavy atom. The van der Waals surface area contributed by atoms with Crippen LogP contribution in [0.1, 0.15) is 52.5 Å². The second-order valence-corrected chi connectivity index (χ2v) is 10.8. The van der Waals surface area contributed by atoms with Gasteiger partial charge in [-0.25, -0.2) is 9.78 Å². The average Bonchev–Trinajstić information content (AvgIpc) is 3.25. The van der Waals surface area contributed by atoms with Gasteiger partial charge in [0, 0.05) is 10.9 Å². The molecule has 1 aromatic carbocycles. The quantitative estimate of drug-likeness (QED) is 0.653. The van der Waals surface area contributed by atoms with E-state index in [9.17, 15) is 14.4 Å². The SMILES string of the molecule is CCc1ccc(-c2csc(NC(=O)CN3C(=O)NC4(CC(C)CC(C)(C)C4)C3=O)n2)cc1. The van der Waals surface area contributed by atoms with Gasteiger partial charge >= 0.3 is 6.03 Å². The van der Waals surface area contributed by atoms with Crippen LogP contribution in [0.4, 0.5) is 9.93 Å². The molecule has 1 aromatic heterocycles. The van der Waals surface area contributed by atoms with Gasteiger partial charge in [-0.3, -0.25) is 14.5 Å². The highest BCUT2D eigenvalue weighted by Gasteiger charge is 2.56. The van der Waals surface area contributed by atoms with Crippen LogP contribution in [-0.2, 0) is 16.0 Å². The number of thiazole rings is 1. The van der Waals surface area contributed by atoms with Crippen LogP contribution >= 0.6 is 11.3 Å². The predicted octanol–water partition coefficient (Wildman–Crippen LogP) is 4.45. The van der Waals surface area contributed by atoms with E-state index in [-0.39, 0.29) is 17.9 Å². The van der Waals surface area contributed by atoms with E-state index in [4.69, 9.17) is 0 Å². The summed E-state index contributed by atoms with van der Waals surface area (Å²) >= 11 is 1.32. The minimum absolute atomic E-state index is 0.0501. The summed E-state index contributed by atoms with van der Waals surface area (Å²) in [6.45, 7) is 8.13. The Morgan fingerprint density at radius 3 is 2.62 bits per heavy atom. The molecule has 2 aliphatic rings. The zero-order valence-corrected chi connectivity index (χ0v) is 19.8. The van der Waals surface area contributed by atoms with E-state index in [0.717, 1.165) is 29.0 Å². The lowest BCUT2D eigenvalue weighted by atomic mass is 9.64. The van der Waals surface area contributed by atoms with Crippen LogP contribution in [0, 0.1) is 11.3 Å². The molecule has 0 bridgehead atoms. The van der Waals surface area contributed by atoms with Gasteiger partial charge in [0.25, 0.3) is 5.91 Å². The maximum absolute atomic E-state index is 13.2. The highest BCUT2D eigenvalue weighted by atomic mass is 32.1. The van der Waals surface area contributed by atoms with Crippen molar-refractivity contribution in [2.75, 3.05) is 11.9 Å². The van der Waals surface area contributed by atoms with Gasteiger partial charge in [0.2, 0.25) is 5.91 Å². The Bertz CT molecular complexity index is 1050. The predicted molar refractivity (Wildman–Crippen MR) is 125 cm³/mol. The molecule has 1 saturated heterocycles. The summed E-state index contributed by atoms with van der Waals surface area (Å²) in [5, 5.41) is 7.96. The molecule has 4 amide bonds. The van der Waals surface area contributed by atoms with E-state index in [1.54, 1.807) is 0 Å². The fourth-order valence-electron chi connectivity index (χ4n) is 5.33. The third kappa shape index (κ3) is 4.41. The number of aromatic nitrogens is 1. The topological polar surface area (TPSA) is 91.4 Å². The Morgan fingerprint density at radius 1 is 1.25 bits per heavy atom. The summed E-state index contributed by atoms with van der Waals surface area (Å²) in [5.41, 5.74) is 2.05. The molecular weight excluding hydrogens is 424 g/mol. The number of urea groups is 1. The van der Waals surface area contributed by atoms with Crippen molar-refractivity contribution in [1.29, 1.82) is 0 Å². The number of carbonyl (C=O) groups is 3. The molecule has 1 aliphatic carbocycles. The minimum Gasteiger partial charge on any atom is -0.323 e. The first kappa shape index (κ1) is 22.5. The molecule has 170 valence electrons. The molecule has 0 radical (unpaired) electrons. The maximum atomic E-state index is 13.2. The number of rotatable bonds is 5.